The number of hydrogen-bond acceptors (Lipinski definition) is 3. The number of pyridine rings is 1. The third-order valence-electron chi connectivity index (χ3n) is 3.49. The van der Waals surface area contributed by atoms with Crippen LogP contribution in [0.25, 0.3) is 11.0 Å². The van der Waals surface area contributed by atoms with Crippen LogP contribution in [0.5, 0.6) is 0 Å². The predicted octanol–water partition coefficient (Wildman–Crippen LogP) is 3.72. The van der Waals surface area contributed by atoms with E-state index in [1.807, 2.05) is 11.8 Å². The molecule has 1 fully saturated rings. The third-order valence-corrected chi connectivity index (χ3v) is 5.41. The molecule has 0 bridgehead atoms. The molecule has 96 valence electrons. The van der Waals surface area contributed by atoms with E-state index >= 15 is 0 Å². The van der Waals surface area contributed by atoms with Crippen LogP contribution in [0.3, 0.4) is 0 Å². The summed E-state index contributed by atoms with van der Waals surface area (Å²) in [6, 6.07) is 0. The molecule has 1 aliphatic rings. The number of alkyl halides is 1. The lowest BCUT2D eigenvalue weighted by molar-refractivity contribution is 0.655. The van der Waals surface area contributed by atoms with Crippen LogP contribution in [0.4, 0.5) is 0 Å². The Morgan fingerprint density at radius 1 is 1.44 bits per heavy atom. The molecule has 3 rings (SSSR count). The van der Waals surface area contributed by atoms with Gasteiger partial charge >= 0.3 is 0 Å². The van der Waals surface area contributed by atoms with E-state index < -0.39 is 0 Å². The van der Waals surface area contributed by atoms with Gasteiger partial charge in [0.25, 0.3) is 0 Å². The first-order valence-corrected chi connectivity index (χ1v) is 7.92. The first kappa shape index (κ1) is 12.6. The standard InChI is InChI=1S/C12H13Cl2N3S/c1-18-12(2-3-12)7-17-10(4-13)16-9-6-15-5-8(14)11(9)17/h5-6H,2-4,7H2,1H3. The number of imidazole rings is 1. The summed E-state index contributed by atoms with van der Waals surface area (Å²) in [6.07, 6.45) is 8.07. The molecule has 6 heteroatoms. The Labute approximate surface area is 120 Å². The van der Waals surface area contributed by atoms with Crippen LogP contribution >= 0.6 is 35.0 Å². The quantitative estimate of drug-likeness (QED) is 0.807. The minimum atomic E-state index is 0.348. The topological polar surface area (TPSA) is 30.7 Å². The predicted molar refractivity (Wildman–Crippen MR) is 77.6 cm³/mol. The minimum absolute atomic E-state index is 0.348. The Morgan fingerprint density at radius 2 is 2.22 bits per heavy atom. The fourth-order valence-corrected chi connectivity index (χ4v) is 3.45. The molecule has 1 saturated carbocycles. The summed E-state index contributed by atoms with van der Waals surface area (Å²) < 4.78 is 2.51. The van der Waals surface area contributed by atoms with Crippen molar-refractivity contribution in [2.24, 2.45) is 0 Å². The van der Waals surface area contributed by atoms with Crippen molar-refractivity contribution >= 4 is 46.0 Å². The summed E-state index contributed by atoms with van der Waals surface area (Å²) in [4.78, 5) is 8.59. The van der Waals surface area contributed by atoms with Gasteiger partial charge in [-0.3, -0.25) is 4.98 Å². The van der Waals surface area contributed by atoms with Gasteiger partial charge in [-0.1, -0.05) is 11.6 Å². The van der Waals surface area contributed by atoms with E-state index in [1.54, 1.807) is 12.4 Å². The van der Waals surface area contributed by atoms with Crippen LogP contribution < -0.4 is 0 Å². The molecule has 0 unspecified atom stereocenters. The zero-order chi connectivity index (χ0) is 12.8. The maximum absolute atomic E-state index is 6.25. The van der Waals surface area contributed by atoms with Gasteiger partial charge in [0.2, 0.25) is 0 Å². The Kier molecular flexibility index (Phi) is 3.20. The van der Waals surface area contributed by atoms with Crippen LogP contribution in [0.1, 0.15) is 18.7 Å². The number of halogens is 2. The third kappa shape index (κ3) is 2.00. The highest BCUT2D eigenvalue weighted by atomic mass is 35.5. The van der Waals surface area contributed by atoms with E-state index in [0.29, 0.717) is 15.6 Å². The van der Waals surface area contributed by atoms with Crippen molar-refractivity contribution in [3.05, 3.63) is 23.2 Å². The van der Waals surface area contributed by atoms with Crippen molar-refractivity contribution in [3.63, 3.8) is 0 Å². The van der Waals surface area contributed by atoms with Gasteiger partial charge in [-0.25, -0.2) is 4.98 Å². The maximum Gasteiger partial charge on any atom is 0.125 e. The van der Waals surface area contributed by atoms with E-state index in [-0.39, 0.29) is 0 Å². The lowest BCUT2D eigenvalue weighted by Gasteiger charge is -2.15. The van der Waals surface area contributed by atoms with Gasteiger partial charge in [0, 0.05) is 17.5 Å². The fraction of sp³-hybridized carbons (Fsp3) is 0.500. The highest BCUT2D eigenvalue weighted by Gasteiger charge is 2.43. The largest absolute Gasteiger partial charge is 0.324 e. The summed E-state index contributed by atoms with van der Waals surface area (Å²) in [5.74, 6) is 1.28. The summed E-state index contributed by atoms with van der Waals surface area (Å²) in [6.45, 7) is 0.927. The molecule has 0 radical (unpaired) electrons. The van der Waals surface area contributed by atoms with Gasteiger partial charge in [0.05, 0.1) is 22.6 Å². The molecule has 0 aromatic carbocycles. The Hall–Kier alpha value is -0.450. The molecule has 0 amide bonds. The summed E-state index contributed by atoms with van der Waals surface area (Å²) in [5, 5.41) is 0.647. The summed E-state index contributed by atoms with van der Waals surface area (Å²) in [7, 11) is 0. The molecule has 0 atom stereocenters. The molecule has 0 saturated heterocycles. The van der Waals surface area contributed by atoms with Crippen molar-refractivity contribution in [2.45, 2.75) is 30.0 Å². The smallest absolute Gasteiger partial charge is 0.125 e. The molecule has 2 heterocycles. The highest BCUT2D eigenvalue weighted by molar-refractivity contribution is 8.00. The van der Waals surface area contributed by atoms with Crippen LogP contribution in [0, 0.1) is 0 Å². The van der Waals surface area contributed by atoms with Crippen LogP contribution in [0.15, 0.2) is 12.4 Å². The molecule has 0 N–H and O–H groups in total. The number of aromatic nitrogens is 3. The number of fused-ring (bicyclic) bond motifs is 1. The second-order valence-electron chi connectivity index (χ2n) is 4.62. The molecular weight excluding hydrogens is 289 g/mol. The van der Waals surface area contributed by atoms with Gasteiger partial charge in [-0.2, -0.15) is 11.8 Å². The lowest BCUT2D eigenvalue weighted by atomic mass is 10.3. The Bertz CT molecular complexity index is 592. The molecule has 2 aromatic heterocycles. The molecular formula is C12H13Cl2N3S. The van der Waals surface area contributed by atoms with Crippen molar-refractivity contribution in [1.82, 2.24) is 14.5 Å². The van der Waals surface area contributed by atoms with E-state index in [0.717, 1.165) is 23.4 Å². The van der Waals surface area contributed by atoms with Crippen molar-refractivity contribution in [3.8, 4) is 0 Å². The molecule has 2 aromatic rings. The van der Waals surface area contributed by atoms with Gasteiger partial charge < -0.3 is 4.57 Å². The van der Waals surface area contributed by atoms with E-state index in [2.05, 4.69) is 20.8 Å². The minimum Gasteiger partial charge on any atom is -0.324 e. The molecule has 18 heavy (non-hydrogen) atoms. The summed E-state index contributed by atoms with van der Waals surface area (Å²) in [5.41, 5.74) is 1.79. The second-order valence-corrected chi connectivity index (χ2v) is 6.57. The Morgan fingerprint density at radius 3 is 2.83 bits per heavy atom. The lowest BCUT2D eigenvalue weighted by Crippen LogP contribution is -2.15. The monoisotopic (exact) mass is 301 g/mol. The van der Waals surface area contributed by atoms with Gasteiger partial charge in [-0.05, 0) is 19.1 Å². The molecule has 3 nitrogen and oxygen atoms in total. The van der Waals surface area contributed by atoms with Crippen molar-refractivity contribution < 1.29 is 0 Å². The fourth-order valence-electron chi connectivity index (χ4n) is 2.22. The van der Waals surface area contributed by atoms with Crippen LogP contribution in [-0.2, 0) is 12.4 Å². The molecule has 1 aliphatic carbocycles. The normalized spacial score (nSPS) is 17.3. The average molecular weight is 302 g/mol. The van der Waals surface area contributed by atoms with E-state index in [1.165, 1.54) is 12.8 Å². The van der Waals surface area contributed by atoms with Crippen molar-refractivity contribution in [1.29, 1.82) is 0 Å². The Balaban J connectivity index is 2.13. The highest BCUT2D eigenvalue weighted by Crippen LogP contribution is 2.49. The van der Waals surface area contributed by atoms with E-state index in [4.69, 9.17) is 23.2 Å². The van der Waals surface area contributed by atoms with E-state index in [9.17, 15) is 0 Å². The number of thioether (sulfide) groups is 1. The van der Waals surface area contributed by atoms with Gasteiger partial charge in [0.1, 0.15) is 11.3 Å². The van der Waals surface area contributed by atoms with Crippen LogP contribution in [-0.4, -0.2) is 25.5 Å². The molecule has 0 spiro atoms. The second kappa shape index (κ2) is 4.58. The zero-order valence-corrected chi connectivity index (χ0v) is 12.3. The number of hydrogen-bond donors (Lipinski definition) is 0. The molecule has 0 aliphatic heterocycles. The number of rotatable bonds is 4. The van der Waals surface area contributed by atoms with Gasteiger partial charge in [-0.15, -0.1) is 11.6 Å². The van der Waals surface area contributed by atoms with Crippen LogP contribution in [0.2, 0.25) is 5.02 Å². The van der Waals surface area contributed by atoms with Gasteiger partial charge in [0.15, 0.2) is 0 Å². The summed E-state index contributed by atoms with van der Waals surface area (Å²) >= 11 is 14.2. The maximum atomic E-state index is 6.25. The first-order chi connectivity index (χ1) is 8.69. The number of nitrogens with zero attached hydrogens (tertiary/aromatic N) is 3. The zero-order valence-electron chi connectivity index (χ0n) is 9.99. The SMILES string of the molecule is CSC1(Cn2c(CCl)nc3cncc(Cl)c32)CC1. The van der Waals surface area contributed by atoms with Crippen molar-refractivity contribution in [2.75, 3.05) is 6.26 Å². The first-order valence-electron chi connectivity index (χ1n) is 5.79. The average Bonchev–Trinajstić information content (AvgIpc) is 3.06.